The minimum atomic E-state index is -4.84. The highest BCUT2D eigenvalue weighted by atomic mass is 32.2. The molecule has 3 aromatic rings. The molecule has 0 aliphatic rings. The monoisotopic (exact) mass is 615 g/mol. The van der Waals surface area contributed by atoms with Gasteiger partial charge < -0.3 is 10.2 Å². The minimum absolute atomic E-state index is 0.0185. The highest BCUT2D eigenvalue weighted by Gasteiger charge is 2.22. The van der Waals surface area contributed by atoms with E-state index < -0.39 is 45.8 Å². The maximum absolute atomic E-state index is 12.0. The van der Waals surface area contributed by atoms with Gasteiger partial charge in [-0.2, -0.15) is 40.2 Å². The molecule has 40 heavy (non-hydrogen) atoms. The molecule has 0 radical (unpaired) electrons. The van der Waals surface area contributed by atoms with Crippen LogP contribution in [-0.2, 0) is 36.8 Å². The van der Waals surface area contributed by atoms with Gasteiger partial charge in [0.2, 0.25) is 11.9 Å². The lowest BCUT2D eigenvalue weighted by Gasteiger charge is -2.22. The number of rotatable bonds is 12. The van der Waals surface area contributed by atoms with Gasteiger partial charge in [-0.05, 0) is 55.2 Å². The first-order valence-corrected chi connectivity index (χ1v) is 16.3. The molecule has 0 fully saturated rings. The van der Waals surface area contributed by atoms with E-state index in [1.54, 1.807) is 6.07 Å². The lowest BCUT2D eigenvalue weighted by molar-refractivity contribution is 0.479. The Kier molecular flexibility index (Phi) is 9.48. The Morgan fingerprint density at radius 2 is 1.40 bits per heavy atom. The summed E-state index contributed by atoms with van der Waals surface area (Å²) in [4.78, 5) is 13.4. The molecule has 2 aromatic carbocycles. The van der Waals surface area contributed by atoms with Gasteiger partial charge in [-0.15, -0.1) is 0 Å². The molecule has 0 amide bonds. The first-order chi connectivity index (χ1) is 18.5. The summed E-state index contributed by atoms with van der Waals surface area (Å²) >= 11 is 0. The highest BCUT2D eigenvalue weighted by Crippen LogP contribution is 2.28. The standard InChI is InChI=1S/C23H29N5O9S3/c1-4-10-28(11-5-2)23-26-21(13-16-7-6-15(3)20(12-16)40(35,36)37)25-22(27-23)24-18-14-17(38(29,30)31)8-9-19(18)39(32,33)34/h6-9,12,14H,4-5,10-11,13H2,1-3H3,(H,29,30,31)(H,32,33,34)(H,35,36,37)(H,24,25,26,27). The van der Waals surface area contributed by atoms with E-state index >= 15 is 0 Å². The zero-order valence-corrected chi connectivity index (χ0v) is 24.3. The van der Waals surface area contributed by atoms with Crippen LogP contribution >= 0.6 is 0 Å². The van der Waals surface area contributed by atoms with Crippen molar-refractivity contribution in [2.24, 2.45) is 0 Å². The van der Waals surface area contributed by atoms with Crippen LogP contribution in [0.25, 0.3) is 0 Å². The molecular formula is C23H29N5O9S3. The second-order valence-electron chi connectivity index (χ2n) is 8.85. The summed E-state index contributed by atoms with van der Waals surface area (Å²) in [6, 6.07) is 6.83. The van der Waals surface area contributed by atoms with Crippen LogP contribution in [0.15, 0.2) is 51.1 Å². The number of anilines is 3. The molecule has 0 saturated heterocycles. The van der Waals surface area contributed by atoms with Crippen molar-refractivity contribution < 1.29 is 38.9 Å². The van der Waals surface area contributed by atoms with Crippen LogP contribution in [0.2, 0.25) is 0 Å². The van der Waals surface area contributed by atoms with E-state index in [2.05, 4.69) is 20.3 Å². The largest absolute Gasteiger partial charge is 0.341 e. The number of nitrogens with zero attached hydrogens (tertiary/aromatic N) is 4. The summed E-state index contributed by atoms with van der Waals surface area (Å²) in [6.07, 6.45) is 1.46. The fraction of sp³-hybridized carbons (Fsp3) is 0.348. The zero-order chi connectivity index (χ0) is 29.9. The summed E-state index contributed by atoms with van der Waals surface area (Å²) in [5, 5.41) is 2.60. The van der Waals surface area contributed by atoms with Crippen molar-refractivity contribution in [3.63, 3.8) is 0 Å². The fourth-order valence-corrected chi connectivity index (χ4v) is 5.77. The molecule has 0 bridgehead atoms. The Labute approximate surface area is 232 Å². The molecule has 17 heteroatoms. The number of benzene rings is 2. The second-order valence-corrected chi connectivity index (χ2v) is 13.0. The summed E-state index contributed by atoms with van der Waals surface area (Å²) in [6.45, 7) is 6.54. The highest BCUT2D eigenvalue weighted by molar-refractivity contribution is 7.86. The predicted octanol–water partition coefficient (Wildman–Crippen LogP) is 2.88. The predicted molar refractivity (Wildman–Crippen MR) is 146 cm³/mol. The van der Waals surface area contributed by atoms with Crippen LogP contribution in [0.3, 0.4) is 0 Å². The molecule has 0 spiro atoms. The molecule has 3 rings (SSSR count). The van der Waals surface area contributed by atoms with Crippen LogP contribution in [0, 0.1) is 6.92 Å². The first-order valence-electron chi connectivity index (χ1n) is 12.0. The minimum Gasteiger partial charge on any atom is -0.341 e. The normalized spacial score (nSPS) is 12.3. The summed E-state index contributed by atoms with van der Waals surface area (Å²) in [7, 11) is -14.1. The third-order valence-corrected chi connectivity index (χ3v) is 8.36. The molecule has 0 aliphatic heterocycles. The maximum atomic E-state index is 12.0. The van der Waals surface area contributed by atoms with E-state index in [4.69, 9.17) is 0 Å². The summed E-state index contributed by atoms with van der Waals surface area (Å²) < 4.78 is 99.5. The topological polar surface area (TPSA) is 217 Å². The molecule has 0 unspecified atom stereocenters. The van der Waals surface area contributed by atoms with E-state index in [1.165, 1.54) is 19.1 Å². The quantitative estimate of drug-likeness (QED) is 0.215. The van der Waals surface area contributed by atoms with Crippen molar-refractivity contribution in [3.05, 3.63) is 53.3 Å². The average molecular weight is 616 g/mol. The molecule has 0 saturated carbocycles. The molecule has 1 aromatic heterocycles. The van der Waals surface area contributed by atoms with Gasteiger partial charge in [-0.3, -0.25) is 13.7 Å². The third-order valence-electron chi connectivity index (χ3n) is 5.61. The van der Waals surface area contributed by atoms with Crippen LogP contribution in [0.5, 0.6) is 0 Å². The second kappa shape index (κ2) is 12.1. The zero-order valence-electron chi connectivity index (χ0n) is 21.8. The van der Waals surface area contributed by atoms with E-state index in [0.717, 1.165) is 31.0 Å². The van der Waals surface area contributed by atoms with Crippen LogP contribution in [-0.4, -0.2) is 67.0 Å². The van der Waals surface area contributed by atoms with Crippen molar-refractivity contribution in [2.45, 2.75) is 54.7 Å². The van der Waals surface area contributed by atoms with Gasteiger partial charge in [-0.1, -0.05) is 26.0 Å². The molecule has 14 nitrogen and oxygen atoms in total. The van der Waals surface area contributed by atoms with Gasteiger partial charge in [0.25, 0.3) is 30.4 Å². The van der Waals surface area contributed by atoms with Crippen molar-refractivity contribution in [1.29, 1.82) is 0 Å². The number of hydrogen-bond donors (Lipinski definition) is 4. The average Bonchev–Trinajstić information content (AvgIpc) is 2.83. The Hall–Kier alpha value is -3.22. The van der Waals surface area contributed by atoms with Crippen LogP contribution in [0.1, 0.15) is 43.6 Å². The maximum Gasteiger partial charge on any atom is 0.296 e. The van der Waals surface area contributed by atoms with Crippen molar-refractivity contribution in [3.8, 4) is 0 Å². The first kappa shape index (κ1) is 31.3. The molecule has 0 aliphatic carbocycles. The SMILES string of the molecule is CCCN(CCC)c1nc(Cc2ccc(C)c(S(=O)(=O)O)c2)nc(Nc2cc(S(=O)(=O)O)ccc2S(=O)(=O)O)n1. The van der Waals surface area contributed by atoms with Gasteiger partial charge in [0.1, 0.15) is 10.7 Å². The lowest BCUT2D eigenvalue weighted by atomic mass is 10.1. The summed E-state index contributed by atoms with van der Waals surface area (Å²) in [5.41, 5.74) is 0.339. The van der Waals surface area contributed by atoms with Gasteiger partial charge in [-0.25, -0.2) is 0 Å². The van der Waals surface area contributed by atoms with Crippen molar-refractivity contribution in [2.75, 3.05) is 23.3 Å². The van der Waals surface area contributed by atoms with Gasteiger partial charge >= 0.3 is 0 Å². The molecule has 0 atom stereocenters. The molecule has 1 heterocycles. The number of nitrogens with one attached hydrogen (secondary N) is 1. The van der Waals surface area contributed by atoms with Crippen molar-refractivity contribution >= 4 is 47.9 Å². The third kappa shape index (κ3) is 7.92. The van der Waals surface area contributed by atoms with E-state index in [9.17, 15) is 38.9 Å². The smallest absolute Gasteiger partial charge is 0.296 e. The Morgan fingerprint density at radius 1 is 0.775 bits per heavy atom. The Balaban J connectivity index is 2.17. The molecule has 218 valence electrons. The van der Waals surface area contributed by atoms with Crippen molar-refractivity contribution in [1.82, 2.24) is 15.0 Å². The summed E-state index contributed by atoms with van der Waals surface area (Å²) in [5.74, 6) is 0.128. The molecular weight excluding hydrogens is 586 g/mol. The van der Waals surface area contributed by atoms with Gasteiger partial charge in [0.05, 0.1) is 15.5 Å². The Morgan fingerprint density at radius 3 is 1.95 bits per heavy atom. The van der Waals surface area contributed by atoms with Crippen LogP contribution in [0.4, 0.5) is 17.6 Å². The van der Waals surface area contributed by atoms with E-state index in [0.29, 0.717) is 24.2 Å². The lowest BCUT2D eigenvalue weighted by Crippen LogP contribution is -2.28. The van der Waals surface area contributed by atoms with Crippen LogP contribution < -0.4 is 10.2 Å². The van der Waals surface area contributed by atoms with E-state index in [1.807, 2.05) is 18.7 Å². The number of aryl methyl sites for hydroxylation is 1. The number of hydrogen-bond acceptors (Lipinski definition) is 11. The van der Waals surface area contributed by atoms with Gasteiger partial charge in [0.15, 0.2) is 0 Å². The molecule has 4 N–H and O–H groups in total. The van der Waals surface area contributed by atoms with Gasteiger partial charge in [0, 0.05) is 19.5 Å². The van der Waals surface area contributed by atoms with E-state index in [-0.39, 0.29) is 29.0 Å². The fourth-order valence-electron chi connectivity index (χ4n) is 3.86. The Bertz CT molecular complexity index is 1720. The number of aromatic nitrogens is 3.